The van der Waals surface area contributed by atoms with Crippen molar-refractivity contribution in [3.8, 4) is 0 Å². The number of nitrogens with zero attached hydrogens (tertiary/aromatic N) is 4. The molecule has 8 nitrogen and oxygen atoms in total. The van der Waals surface area contributed by atoms with Crippen LogP contribution in [-0.4, -0.2) is 61.3 Å². The Morgan fingerprint density at radius 1 is 1.50 bits per heavy atom. The molecule has 22 heavy (non-hydrogen) atoms. The van der Waals surface area contributed by atoms with Gasteiger partial charge in [-0.25, -0.2) is 9.37 Å². The van der Waals surface area contributed by atoms with E-state index in [0.717, 1.165) is 0 Å². The van der Waals surface area contributed by atoms with Crippen molar-refractivity contribution in [2.45, 2.75) is 31.0 Å². The molecule has 4 atom stereocenters. The lowest BCUT2D eigenvalue weighted by atomic mass is 9.99. The molecule has 10 heteroatoms. The van der Waals surface area contributed by atoms with Gasteiger partial charge in [0.25, 0.3) is 0 Å². The van der Waals surface area contributed by atoms with Gasteiger partial charge < -0.3 is 20.3 Å². The minimum absolute atomic E-state index is 0.0267. The van der Waals surface area contributed by atoms with Crippen molar-refractivity contribution >= 4 is 17.0 Å². The number of aromatic nitrogens is 4. The number of halogens is 2. The van der Waals surface area contributed by atoms with E-state index >= 15 is 0 Å². The number of aliphatic hydroxyl groups is 2. The first-order valence-corrected chi connectivity index (χ1v) is 6.60. The molecule has 0 unspecified atom stereocenters. The van der Waals surface area contributed by atoms with E-state index in [1.165, 1.54) is 24.9 Å². The van der Waals surface area contributed by atoms with Crippen molar-refractivity contribution in [1.82, 2.24) is 19.5 Å². The third-order valence-corrected chi connectivity index (χ3v) is 3.81. The van der Waals surface area contributed by atoms with Crippen molar-refractivity contribution in [2.24, 2.45) is 0 Å². The fraction of sp³-hybridized carbons (Fsp3) is 0.583. The van der Waals surface area contributed by atoms with Crippen LogP contribution in [0, 0.1) is 6.08 Å². The van der Waals surface area contributed by atoms with E-state index in [4.69, 9.17) is 4.74 Å². The molecule has 3 N–H and O–H groups in total. The van der Waals surface area contributed by atoms with Gasteiger partial charge in [-0.05, 0) is 6.92 Å². The zero-order valence-corrected chi connectivity index (χ0v) is 11.9. The molecule has 1 fully saturated rings. The first-order valence-electron chi connectivity index (χ1n) is 6.60. The fourth-order valence-electron chi connectivity index (χ4n) is 2.49. The van der Waals surface area contributed by atoms with Crippen molar-refractivity contribution in [1.29, 1.82) is 0 Å². The molecule has 0 aliphatic carbocycles. The highest BCUT2D eigenvalue weighted by Crippen LogP contribution is 2.39. The summed E-state index contributed by atoms with van der Waals surface area (Å²) in [4.78, 5) is 11.2. The van der Waals surface area contributed by atoms with Crippen LogP contribution in [0.1, 0.15) is 13.2 Å². The molecule has 0 radical (unpaired) electrons. The molecule has 3 rings (SSSR count). The lowest BCUT2D eigenvalue weighted by Gasteiger charge is -2.24. The van der Waals surface area contributed by atoms with Gasteiger partial charge in [-0.3, -0.25) is 4.57 Å². The van der Waals surface area contributed by atoms with Crippen LogP contribution in [0.5, 0.6) is 0 Å². The van der Waals surface area contributed by atoms with Crippen molar-refractivity contribution in [3.63, 3.8) is 0 Å². The Kier molecular flexibility index (Phi) is 3.46. The van der Waals surface area contributed by atoms with Gasteiger partial charge in [0, 0.05) is 7.05 Å². The van der Waals surface area contributed by atoms with Crippen LogP contribution < -0.4 is 5.32 Å². The third-order valence-electron chi connectivity index (χ3n) is 3.81. The Bertz CT molecular complexity index is 711. The van der Waals surface area contributed by atoms with Gasteiger partial charge in [0.15, 0.2) is 29.4 Å². The quantitative estimate of drug-likeness (QED) is 0.684. The van der Waals surface area contributed by atoms with Crippen LogP contribution in [0.4, 0.5) is 14.6 Å². The molecule has 1 aliphatic rings. The Hall–Kier alpha value is -1.91. The van der Waals surface area contributed by atoms with E-state index in [2.05, 4.69) is 20.3 Å². The minimum atomic E-state index is -1.83. The summed E-state index contributed by atoms with van der Waals surface area (Å²) in [5.41, 5.74) is -1.19. The molecule has 0 saturated carbocycles. The summed E-state index contributed by atoms with van der Waals surface area (Å²) in [6.45, 7) is 0.820. The second-order valence-corrected chi connectivity index (χ2v) is 5.28. The van der Waals surface area contributed by atoms with Crippen LogP contribution in [0.15, 0.2) is 6.33 Å². The Labute approximate surface area is 123 Å². The summed E-state index contributed by atoms with van der Waals surface area (Å²) in [5, 5.41) is 21.9. The van der Waals surface area contributed by atoms with Crippen LogP contribution in [-0.2, 0) is 4.74 Å². The number of ether oxygens (including phenoxy) is 1. The maximum Gasteiger partial charge on any atom is 0.312 e. The van der Waals surface area contributed by atoms with Crippen LogP contribution in [0.25, 0.3) is 11.2 Å². The Balaban J connectivity index is 2.10. The standard InChI is InChI=1S/C12H15F2N5O3/c1-12(3-20)7(21)5(13)10(22-12)19-4-16-6-8(15-2)17-11(14)18-9(6)19/h4-5,7,10,20-21H,3H2,1-2H3,(H,15,17,18)/t5-,7-,10+,12+/m0/s1. The Morgan fingerprint density at radius 2 is 2.23 bits per heavy atom. The molecule has 1 aliphatic heterocycles. The lowest BCUT2D eigenvalue weighted by Crippen LogP contribution is -2.42. The lowest BCUT2D eigenvalue weighted by molar-refractivity contribution is -0.115. The molecule has 2 aromatic rings. The van der Waals surface area contributed by atoms with E-state index in [-0.39, 0.29) is 17.0 Å². The molecule has 0 spiro atoms. The number of fused-ring (bicyclic) bond motifs is 1. The van der Waals surface area contributed by atoms with Crippen LogP contribution >= 0.6 is 0 Å². The number of nitrogens with one attached hydrogen (secondary N) is 1. The summed E-state index contributed by atoms with van der Waals surface area (Å²) in [7, 11) is 1.54. The highest BCUT2D eigenvalue weighted by molar-refractivity contribution is 5.82. The summed E-state index contributed by atoms with van der Waals surface area (Å²) in [6.07, 6.45) is -4.41. The van der Waals surface area contributed by atoms with Crippen molar-refractivity contribution in [2.75, 3.05) is 19.0 Å². The third kappa shape index (κ3) is 2.02. The first kappa shape index (κ1) is 15.0. The van der Waals surface area contributed by atoms with Gasteiger partial charge in [-0.2, -0.15) is 14.4 Å². The monoisotopic (exact) mass is 315 g/mol. The number of alkyl halides is 1. The molecule has 3 heterocycles. The SMILES string of the molecule is CNc1nc(F)nc2c1ncn2[C@@H]1O[C@](C)(CO)[C@@H](O)[C@@H]1F. The van der Waals surface area contributed by atoms with E-state index in [1.54, 1.807) is 0 Å². The van der Waals surface area contributed by atoms with Gasteiger partial charge in [-0.15, -0.1) is 0 Å². The van der Waals surface area contributed by atoms with Crippen LogP contribution in [0.3, 0.4) is 0 Å². The molecule has 2 aromatic heterocycles. The second-order valence-electron chi connectivity index (χ2n) is 5.28. The maximum atomic E-state index is 14.4. The summed E-state index contributed by atoms with van der Waals surface area (Å²) in [5.74, 6) is 0.153. The van der Waals surface area contributed by atoms with E-state index in [9.17, 15) is 19.0 Å². The Morgan fingerprint density at radius 3 is 2.82 bits per heavy atom. The highest BCUT2D eigenvalue weighted by atomic mass is 19.1. The van der Waals surface area contributed by atoms with Gasteiger partial charge in [0.2, 0.25) is 0 Å². The van der Waals surface area contributed by atoms with E-state index < -0.39 is 36.8 Å². The van der Waals surface area contributed by atoms with Gasteiger partial charge in [0.1, 0.15) is 11.7 Å². The number of aliphatic hydroxyl groups excluding tert-OH is 2. The zero-order chi connectivity index (χ0) is 16.1. The number of anilines is 1. The average Bonchev–Trinajstić information content (AvgIpc) is 3.01. The largest absolute Gasteiger partial charge is 0.393 e. The molecule has 0 aromatic carbocycles. The van der Waals surface area contributed by atoms with Gasteiger partial charge >= 0.3 is 6.08 Å². The predicted octanol–water partition coefficient (Wildman–Crippen LogP) is -0.0141. The topological polar surface area (TPSA) is 105 Å². The molecule has 120 valence electrons. The fourth-order valence-corrected chi connectivity index (χ4v) is 2.49. The van der Waals surface area contributed by atoms with E-state index in [0.29, 0.717) is 0 Å². The molecule has 0 bridgehead atoms. The average molecular weight is 315 g/mol. The molecule has 0 amide bonds. The van der Waals surface area contributed by atoms with Crippen LogP contribution in [0.2, 0.25) is 0 Å². The summed E-state index contributed by atoms with van der Waals surface area (Å²) >= 11 is 0. The summed E-state index contributed by atoms with van der Waals surface area (Å²) in [6, 6.07) is 0. The zero-order valence-electron chi connectivity index (χ0n) is 11.9. The number of hydrogen-bond donors (Lipinski definition) is 3. The smallest absolute Gasteiger partial charge is 0.312 e. The number of hydrogen-bond acceptors (Lipinski definition) is 7. The molecular weight excluding hydrogens is 300 g/mol. The maximum absolute atomic E-state index is 14.4. The molecule has 1 saturated heterocycles. The molecular formula is C12H15F2N5O3. The van der Waals surface area contributed by atoms with Crippen molar-refractivity contribution in [3.05, 3.63) is 12.4 Å². The minimum Gasteiger partial charge on any atom is -0.393 e. The predicted molar refractivity (Wildman–Crippen MR) is 71.3 cm³/mol. The van der Waals surface area contributed by atoms with E-state index in [1.807, 2.05) is 0 Å². The number of imidazole rings is 1. The van der Waals surface area contributed by atoms with Gasteiger partial charge in [-0.1, -0.05) is 0 Å². The van der Waals surface area contributed by atoms with Gasteiger partial charge in [0.05, 0.1) is 12.9 Å². The second kappa shape index (κ2) is 5.07. The normalized spacial score (nSPS) is 31.8. The first-order chi connectivity index (χ1) is 10.4. The highest BCUT2D eigenvalue weighted by Gasteiger charge is 2.53. The van der Waals surface area contributed by atoms with Crippen molar-refractivity contribution < 1.29 is 23.7 Å². The number of rotatable bonds is 3. The summed E-state index contributed by atoms with van der Waals surface area (Å²) < 4.78 is 34.5.